The van der Waals surface area contributed by atoms with E-state index in [2.05, 4.69) is 22.0 Å². The van der Waals surface area contributed by atoms with E-state index in [0.717, 1.165) is 27.3 Å². The molecule has 0 bridgehead atoms. The van der Waals surface area contributed by atoms with Crippen LogP contribution in [-0.2, 0) is 5.33 Å². The summed E-state index contributed by atoms with van der Waals surface area (Å²) in [4.78, 5) is 10.7. The topological polar surface area (TPSA) is 43.1 Å². The highest BCUT2D eigenvalue weighted by atomic mass is 79.9. The molecule has 14 heavy (non-hydrogen) atoms. The Bertz CT molecular complexity index is 492. The third-order valence-electron chi connectivity index (χ3n) is 2.08. The van der Waals surface area contributed by atoms with Gasteiger partial charge in [0, 0.05) is 32.0 Å². The lowest BCUT2D eigenvalue weighted by atomic mass is 10.1. The van der Waals surface area contributed by atoms with Crippen molar-refractivity contribution in [2.45, 2.75) is 5.33 Å². The monoisotopic (exact) mass is 269 g/mol. The van der Waals surface area contributed by atoms with E-state index in [1.165, 1.54) is 0 Å². The van der Waals surface area contributed by atoms with Crippen LogP contribution in [0.2, 0.25) is 0 Å². The molecule has 0 aliphatic heterocycles. The second-order valence-corrected chi connectivity index (χ2v) is 4.47. The number of thiophene rings is 1. The van der Waals surface area contributed by atoms with Gasteiger partial charge in [-0.05, 0) is 17.7 Å². The highest BCUT2D eigenvalue weighted by Gasteiger charge is 2.07. The van der Waals surface area contributed by atoms with Gasteiger partial charge in [0.15, 0.2) is 6.29 Å². The predicted molar refractivity (Wildman–Crippen MR) is 64.3 cm³/mol. The Labute approximate surface area is 93.9 Å². The standard InChI is InChI=1S/C10H8BrNOS/c11-3-6-1-8(12)10-7(4-13)5-14-9(10)2-6/h1-2,4-5H,3,12H2. The molecular weight excluding hydrogens is 262 g/mol. The van der Waals surface area contributed by atoms with Crippen molar-refractivity contribution >= 4 is 49.3 Å². The summed E-state index contributed by atoms with van der Waals surface area (Å²) in [5.41, 5.74) is 8.38. The zero-order chi connectivity index (χ0) is 10.1. The number of nitrogen functional groups attached to an aromatic ring is 1. The molecule has 0 amide bonds. The Morgan fingerprint density at radius 3 is 2.93 bits per heavy atom. The lowest BCUT2D eigenvalue weighted by Gasteiger charge is -2.01. The van der Waals surface area contributed by atoms with Crippen LogP contribution in [0.1, 0.15) is 15.9 Å². The lowest BCUT2D eigenvalue weighted by molar-refractivity contribution is 0.112. The molecular formula is C10H8BrNOS. The van der Waals surface area contributed by atoms with Gasteiger partial charge >= 0.3 is 0 Å². The van der Waals surface area contributed by atoms with Crippen LogP contribution in [0.4, 0.5) is 5.69 Å². The average molecular weight is 270 g/mol. The number of hydrogen-bond donors (Lipinski definition) is 1. The van der Waals surface area contributed by atoms with Crippen LogP contribution in [0, 0.1) is 0 Å². The fraction of sp³-hybridized carbons (Fsp3) is 0.100. The number of aldehydes is 1. The van der Waals surface area contributed by atoms with Crippen LogP contribution >= 0.6 is 27.3 Å². The number of halogens is 1. The van der Waals surface area contributed by atoms with Gasteiger partial charge in [-0.15, -0.1) is 11.3 Å². The Hall–Kier alpha value is -0.870. The van der Waals surface area contributed by atoms with E-state index < -0.39 is 0 Å². The van der Waals surface area contributed by atoms with Crippen molar-refractivity contribution < 1.29 is 4.79 Å². The fourth-order valence-electron chi connectivity index (χ4n) is 1.45. The molecule has 0 unspecified atom stereocenters. The smallest absolute Gasteiger partial charge is 0.151 e. The molecule has 0 aliphatic rings. The van der Waals surface area contributed by atoms with Gasteiger partial charge < -0.3 is 5.73 Å². The molecule has 2 aromatic rings. The first kappa shape index (κ1) is 9.68. The van der Waals surface area contributed by atoms with Gasteiger partial charge in [0.1, 0.15) is 0 Å². The normalized spacial score (nSPS) is 10.6. The lowest BCUT2D eigenvalue weighted by Crippen LogP contribution is -1.89. The summed E-state index contributed by atoms with van der Waals surface area (Å²) in [6.07, 6.45) is 0.850. The van der Waals surface area contributed by atoms with Gasteiger partial charge in [-0.3, -0.25) is 4.79 Å². The number of carbonyl (C=O) groups excluding carboxylic acids is 1. The molecule has 1 aromatic heterocycles. The van der Waals surface area contributed by atoms with Crippen LogP contribution in [0.5, 0.6) is 0 Å². The van der Waals surface area contributed by atoms with E-state index in [4.69, 9.17) is 5.73 Å². The molecule has 72 valence electrons. The molecule has 2 rings (SSSR count). The molecule has 0 saturated heterocycles. The molecule has 2 nitrogen and oxygen atoms in total. The number of hydrogen-bond acceptors (Lipinski definition) is 3. The first-order valence-electron chi connectivity index (χ1n) is 4.07. The van der Waals surface area contributed by atoms with Gasteiger partial charge in [-0.25, -0.2) is 0 Å². The number of benzene rings is 1. The highest BCUT2D eigenvalue weighted by molar-refractivity contribution is 9.08. The molecule has 0 spiro atoms. The van der Waals surface area contributed by atoms with Crippen molar-refractivity contribution in [3.8, 4) is 0 Å². The van der Waals surface area contributed by atoms with Gasteiger partial charge in [0.05, 0.1) is 0 Å². The maximum Gasteiger partial charge on any atom is 0.151 e. The number of anilines is 1. The van der Waals surface area contributed by atoms with Crippen molar-refractivity contribution in [2.24, 2.45) is 0 Å². The zero-order valence-corrected chi connectivity index (χ0v) is 9.69. The van der Waals surface area contributed by atoms with Crippen LogP contribution in [0.25, 0.3) is 10.1 Å². The summed E-state index contributed by atoms with van der Waals surface area (Å²) >= 11 is 4.93. The molecule has 0 atom stereocenters. The van der Waals surface area contributed by atoms with E-state index in [0.29, 0.717) is 11.3 Å². The molecule has 0 radical (unpaired) electrons. The van der Waals surface area contributed by atoms with E-state index in [1.807, 2.05) is 11.4 Å². The van der Waals surface area contributed by atoms with Gasteiger partial charge in [0.25, 0.3) is 0 Å². The summed E-state index contributed by atoms with van der Waals surface area (Å²) in [5.74, 6) is 0. The van der Waals surface area contributed by atoms with Crippen LogP contribution in [0.15, 0.2) is 17.5 Å². The van der Waals surface area contributed by atoms with Crippen molar-refractivity contribution in [1.29, 1.82) is 0 Å². The first-order valence-corrected chi connectivity index (χ1v) is 6.07. The largest absolute Gasteiger partial charge is 0.398 e. The first-order chi connectivity index (χ1) is 6.76. The van der Waals surface area contributed by atoms with E-state index in [9.17, 15) is 4.79 Å². The summed E-state index contributed by atoms with van der Waals surface area (Å²) in [6.45, 7) is 0. The summed E-state index contributed by atoms with van der Waals surface area (Å²) in [7, 11) is 0. The van der Waals surface area contributed by atoms with E-state index >= 15 is 0 Å². The molecule has 1 aromatic carbocycles. The van der Waals surface area contributed by atoms with Crippen LogP contribution in [-0.4, -0.2) is 6.29 Å². The Morgan fingerprint density at radius 2 is 2.29 bits per heavy atom. The van der Waals surface area contributed by atoms with Gasteiger partial charge in [-0.1, -0.05) is 15.9 Å². The number of alkyl halides is 1. The fourth-order valence-corrected chi connectivity index (χ4v) is 2.77. The van der Waals surface area contributed by atoms with E-state index in [1.54, 1.807) is 11.3 Å². The zero-order valence-electron chi connectivity index (χ0n) is 7.29. The van der Waals surface area contributed by atoms with Crippen molar-refractivity contribution in [1.82, 2.24) is 0 Å². The van der Waals surface area contributed by atoms with Crippen LogP contribution < -0.4 is 5.73 Å². The maximum atomic E-state index is 10.7. The molecule has 1 heterocycles. The van der Waals surface area contributed by atoms with Crippen LogP contribution in [0.3, 0.4) is 0 Å². The second kappa shape index (κ2) is 3.71. The summed E-state index contributed by atoms with van der Waals surface area (Å²) < 4.78 is 1.07. The van der Waals surface area contributed by atoms with Crippen molar-refractivity contribution in [2.75, 3.05) is 5.73 Å². The molecule has 2 N–H and O–H groups in total. The van der Waals surface area contributed by atoms with Crippen molar-refractivity contribution in [3.05, 3.63) is 28.6 Å². The average Bonchev–Trinajstić information content (AvgIpc) is 2.61. The maximum absolute atomic E-state index is 10.7. The minimum absolute atomic E-state index is 0.681. The summed E-state index contributed by atoms with van der Waals surface area (Å²) in [5, 5.41) is 3.50. The molecule has 0 fully saturated rings. The summed E-state index contributed by atoms with van der Waals surface area (Å²) in [6, 6.07) is 3.95. The molecule has 0 saturated carbocycles. The predicted octanol–water partition coefficient (Wildman–Crippen LogP) is 3.19. The third-order valence-corrected chi connectivity index (χ3v) is 3.67. The molecule has 4 heteroatoms. The van der Waals surface area contributed by atoms with Gasteiger partial charge in [-0.2, -0.15) is 0 Å². The second-order valence-electron chi connectivity index (χ2n) is 3.00. The Kier molecular flexibility index (Phi) is 2.56. The SMILES string of the molecule is Nc1cc(CBr)cc2scc(C=O)c12. The number of rotatable bonds is 2. The minimum Gasteiger partial charge on any atom is -0.398 e. The minimum atomic E-state index is 0.681. The third kappa shape index (κ3) is 1.44. The quantitative estimate of drug-likeness (QED) is 0.517. The number of carbonyl (C=O) groups is 1. The highest BCUT2D eigenvalue weighted by Crippen LogP contribution is 2.31. The number of fused-ring (bicyclic) bond motifs is 1. The number of nitrogens with two attached hydrogens (primary N) is 1. The van der Waals surface area contributed by atoms with E-state index in [-0.39, 0.29) is 0 Å². The molecule has 0 aliphatic carbocycles. The van der Waals surface area contributed by atoms with Gasteiger partial charge in [0.2, 0.25) is 0 Å². The van der Waals surface area contributed by atoms with Crippen molar-refractivity contribution in [3.63, 3.8) is 0 Å². The Morgan fingerprint density at radius 1 is 1.50 bits per heavy atom. The Balaban J connectivity index is 2.78.